The van der Waals surface area contributed by atoms with E-state index in [2.05, 4.69) is 27.2 Å². The second-order valence-electron chi connectivity index (χ2n) is 9.69. The molecule has 1 atom stereocenters. The minimum Gasteiger partial charge on any atom is -0.491 e. The molecule has 1 saturated carbocycles. The molecule has 3 aliphatic rings. The van der Waals surface area contributed by atoms with Gasteiger partial charge in [-0.2, -0.15) is 4.98 Å². The van der Waals surface area contributed by atoms with E-state index in [1.54, 1.807) is 4.31 Å². The lowest BCUT2D eigenvalue weighted by Gasteiger charge is -2.50. The summed E-state index contributed by atoms with van der Waals surface area (Å²) in [5.41, 5.74) is 1.05. The number of hydrogen-bond acceptors (Lipinski definition) is 7. The molecule has 168 valence electrons. The summed E-state index contributed by atoms with van der Waals surface area (Å²) in [7, 11) is -3.27. The third-order valence-corrected chi connectivity index (χ3v) is 7.78. The van der Waals surface area contributed by atoms with Crippen LogP contribution in [0.2, 0.25) is 0 Å². The molecule has 1 unspecified atom stereocenters. The maximum Gasteiger partial charge on any atom is 0.231 e. The van der Waals surface area contributed by atoms with Crippen molar-refractivity contribution in [2.24, 2.45) is 5.41 Å². The quantitative estimate of drug-likeness (QED) is 0.646. The van der Waals surface area contributed by atoms with Crippen molar-refractivity contribution >= 4 is 10.0 Å². The Labute approximate surface area is 183 Å². The predicted octanol–water partition coefficient (Wildman–Crippen LogP) is 2.60. The molecule has 3 heterocycles. The molecule has 2 saturated heterocycles. The first-order chi connectivity index (χ1) is 14.7. The van der Waals surface area contributed by atoms with Crippen LogP contribution in [0.3, 0.4) is 0 Å². The predicted molar refractivity (Wildman–Crippen MR) is 115 cm³/mol. The number of hydrogen-bond donors (Lipinski definition) is 0. The van der Waals surface area contributed by atoms with Crippen molar-refractivity contribution in [1.82, 2.24) is 19.3 Å². The first-order valence-electron chi connectivity index (χ1n) is 11.0. The van der Waals surface area contributed by atoms with Gasteiger partial charge in [-0.25, -0.2) is 12.7 Å². The van der Waals surface area contributed by atoms with Gasteiger partial charge in [0.2, 0.25) is 15.9 Å². The summed E-state index contributed by atoms with van der Waals surface area (Å²) in [6.07, 6.45) is 3.66. The van der Waals surface area contributed by atoms with Gasteiger partial charge in [0.25, 0.3) is 0 Å². The second kappa shape index (κ2) is 7.56. The fourth-order valence-electron chi connectivity index (χ4n) is 4.89. The molecule has 8 nitrogen and oxygen atoms in total. The minimum atomic E-state index is -3.27. The second-order valence-corrected chi connectivity index (χ2v) is 11.7. The largest absolute Gasteiger partial charge is 0.491 e. The van der Waals surface area contributed by atoms with Gasteiger partial charge in [0.15, 0.2) is 5.82 Å². The third kappa shape index (κ3) is 4.23. The molecule has 0 radical (unpaired) electrons. The highest BCUT2D eigenvalue weighted by molar-refractivity contribution is 7.88. The monoisotopic (exact) mass is 446 g/mol. The Morgan fingerprint density at radius 3 is 2.52 bits per heavy atom. The van der Waals surface area contributed by atoms with Crippen LogP contribution in [0.15, 0.2) is 28.8 Å². The molecule has 31 heavy (non-hydrogen) atoms. The summed E-state index contributed by atoms with van der Waals surface area (Å²) < 4.78 is 37.5. The summed E-state index contributed by atoms with van der Waals surface area (Å²) in [6.45, 7) is 7.41. The van der Waals surface area contributed by atoms with Crippen LogP contribution in [0.25, 0.3) is 0 Å². The van der Waals surface area contributed by atoms with Gasteiger partial charge >= 0.3 is 0 Å². The first kappa shape index (κ1) is 20.9. The Morgan fingerprint density at radius 1 is 1.19 bits per heavy atom. The molecule has 2 aliphatic heterocycles. The zero-order valence-electron chi connectivity index (χ0n) is 18.3. The lowest BCUT2D eigenvalue weighted by molar-refractivity contribution is -0.0117. The standard InChI is InChI=1S/C22H30N4O4S/c1-15(2)29-18-8-4-16(5-9-18)10-25-12-22(13-25)14-26(31(3,27)28)11-19(22)21-23-20(24-30-21)17-6-7-17/h4-5,8-9,15,17,19H,6-7,10-14H2,1-3H3. The Morgan fingerprint density at radius 2 is 1.90 bits per heavy atom. The molecular formula is C22H30N4O4S. The summed E-state index contributed by atoms with van der Waals surface area (Å²) >= 11 is 0. The van der Waals surface area contributed by atoms with E-state index in [9.17, 15) is 8.42 Å². The number of sulfonamides is 1. The van der Waals surface area contributed by atoms with Crippen LogP contribution in [0.4, 0.5) is 0 Å². The summed E-state index contributed by atoms with van der Waals surface area (Å²) in [4.78, 5) is 7.02. The maximum absolute atomic E-state index is 12.3. The number of ether oxygens (including phenoxy) is 1. The Kier molecular flexibility index (Phi) is 5.10. The molecule has 5 rings (SSSR count). The number of aromatic nitrogens is 2. The van der Waals surface area contributed by atoms with Crippen LogP contribution in [0.5, 0.6) is 5.75 Å². The molecule has 1 spiro atoms. The van der Waals surface area contributed by atoms with Crippen molar-refractivity contribution in [1.29, 1.82) is 0 Å². The van der Waals surface area contributed by atoms with Gasteiger partial charge in [-0.05, 0) is 44.4 Å². The van der Waals surface area contributed by atoms with Gasteiger partial charge in [-0.3, -0.25) is 4.90 Å². The molecule has 1 aromatic carbocycles. The van der Waals surface area contributed by atoms with Crippen molar-refractivity contribution in [2.75, 3.05) is 32.4 Å². The van der Waals surface area contributed by atoms with Crippen LogP contribution >= 0.6 is 0 Å². The SMILES string of the molecule is CC(C)Oc1ccc(CN2CC3(C2)CN(S(C)(=O)=O)CC3c2nc(C3CC3)no2)cc1. The van der Waals surface area contributed by atoms with E-state index >= 15 is 0 Å². The van der Waals surface area contributed by atoms with Crippen molar-refractivity contribution in [3.05, 3.63) is 41.5 Å². The van der Waals surface area contributed by atoms with Crippen molar-refractivity contribution < 1.29 is 17.7 Å². The van der Waals surface area contributed by atoms with Gasteiger partial charge in [-0.1, -0.05) is 17.3 Å². The fraction of sp³-hybridized carbons (Fsp3) is 0.636. The number of likely N-dealkylation sites (tertiary alicyclic amines) is 1. The van der Waals surface area contributed by atoms with Crippen LogP contribution in [0.1, 0.15) is 55.8 Å². The zero-order chi connectivity index (χ0) is 21.8. The Bertz CT molecular complexity index is 1040. The summed E-state index contributed by atoms with van der Waals surface area (Å²) in [5.74, 6) is 2.62. The van der Waals surface area contributed by atoms with E-state index in [1.165, 1.54) is 11.8 Å². The highest BCUT2D eigenvalue weighted by Gasteiger charge is 2.58. The zero-order valence-corrected chi connectivity index (χ0v) is 19.1. The van der Waals surface area contributed by atoms with Crippen molar-refractivity contribution in [2.45, 2.75) is 51.2 Å². The molecule has 0 amide bonds. The first-order valence-corrected chi connectivity index (χ1v) is 12.8. The fourth-order valence-corrected chi connectivity index (χ4v) is 5.80. The maximum atomic E-state index is 12.3. The van der Waals surface area contributed by atoms with Gasteiger partial charge in [0.05, 0.1) is 18.3 Å². The van der Waals surface area contributed by atoms with Gasteiger partial charge < -0.3 is 9.26 Å². The normalized spacial score (nSPS) is 24.1. The molecule has 9 heteroatoms. The van der Waals surface area contributed by atoms with Crippen molar-refractivity contribution in [3.8, 4) is 5.75 Å². The third-order valence-electron chi connectivity index (χ3n) is 6.56. The topological polar surface area (TPSA) is 88.8 Å². The van der Waals surface area contributed by atoms with E-state index in [0.717, 1.165) is 44.0 Å². The highest BCUT2D eigenvalue weighted by Crippen LogP contribution is 2.50. The Hall–Kier alpha value is -1.97. The molecular weight excluding hydrogens is 416 g/mol. The molecule has 1 aromatic heterocycles. The molecule has 0 N–H and O–H groups in total. The van der Waals surface area contributed by atoms with Crippen LogP contribution < -0.4 is 4.74 Å². The average Bonchev–Trinajstić information content (AvgIpc) is 3.25. The highest BCUT2D eigenvalue weighted by atomic mass is 32.2. The van der Waals surface area contributed by atoms with E-state index in [4.69, 9.17) is 9.26 Å². The van der Waals surface area contributed by atoms with E-state index < -0.39 is 10.0 Å². The van der Waals surface area contributed by atoms with E-state index in [1.807, 2.05) is 26.0 Å². The van der Waals surface area contributed by atoms with Crippen LogP contribution in [-0.4, -0.2) is 66.3 Å². The number of rotatable bonds is 7. The lowest BCUT2D eigenvalue weighted by Crippen LogP contribution is -2.59. The number of benzene rings is 1. The molecule has 0 bridgehead atoms. The number of nitrogens with zero attached hydrogens (tertiary/aromatic N) is 4. The van der Waals surface area contributed by atoms with Gasteiger partial charge in [0, 0.05) is 44.1 Å². The van der Waals surface area contributed by atoms with Crippen LogP contribution in [0, 0.1) is 5.41 Å². The molecule has 1 aliphatic carbocycles. The summed E-state index contributed by atoms with van der Waals surface area (Å²) in [6, 6.07) is 8.20. The Balaban J connectivity index is 1.29. The van der Waals surface area contributed by atoms with Gasteiger partial charge in [0.1, 0.15) is 5.75 Å². The van der Waals surface area contributed by atoms with Gasteiger partial charge in [-0.15, -0.1) is 0 Å². The smallest absolute Gasteiger partial charge is 0.231 e. The van der Waals surface area contributed by atoms with E-state index in [0.29, 0.717) is 24.9 Å². The molecule has 2 aromatic rings. The van der Waals surface area contributed by atoms with E-state index in [-0.39, 0.29) is 17.4 Å². The lowest BCUT2D eigenvalue weighted by atomic mass is 9.71. The van der Waals surface area contributed by atoms with Crippen LogP contribution in [-0.2, 0) is 16.6 Å². The van der Waals surface area contributed by atoms with Crippen molar-refractivity contribution in [3.63, 3.8) is 0 Å². The average molecular weight is 447 g/mol. The summed E-state index contributed by atoms with van der Waals surface area (Å²) in [5, 5.41) is 4.17. The minimum absolute atomic E-state index is 0.0553. The molecule has 3 fully saturated rings.